The van der Waals surface area contributed by atoms with E-state index in [0.717, 1.165) is 17.5 Å². The average molecular weight is 348 g/mol. The number of nitrogens with one attached hydrogen (secondary N) is 1. The molecule has 0 saturated carbocycles. The number of rotatable bonds is 7. The minimum atomic E-state index is -0.786. The van der Waals surface area contributed by atoms with Crippen LogP contribution in [0.4, 0.5) is 0 Å². The zero-order valence-electron chi connectivity index (χ0n) is 14.4. The highest BCUT2D eigenvalue weighted by atomic mass is 35.5. The number of hydrogen-bond acceptors (Lipinski definition) is 2. The summed E-state index contributed by atoms with van der Waals surface area (Å²) >= 11 is 0. The lowest BCUT2D eigenvalue weighted by molar-refractivity contribution is -0.138. The molecule has 0 aliphatic carbocycles. The topological polar surface area (TPSA) is 49.3 Å². The van der Waals surface area contributed by atoms with Crippen LogP contribution in [0.2, 0.25) is 0 Å². The van der Waals surface area contributed by atoms with Gasteiger partial charge in [-0.2, -0.15) is 0 Å². The zero-order valence-corrected chi connectivity index (χ0v) is 15.2. The molecule has 0 amide bonds. The van der Waals surface area contributed by atoms with Gasteiger partial charge in [0.2, 0.25) is 0 Å². The molecule has 0 saturated heterocycles. The van der Waals surface area contributed by atoms with E-state index in [9.17, 15) is 4.79 Å². The van der Waals surface area contributed by atoms with E-state index in [1.165, 1.54) is 5.56 Å². The predicted octanol–water partition coefficient (Wildman–Crippen LogP) is 4.58. The molecule has 0 spiro atoms. The van der Waals surface area contributed by atoms with E-state index in [1.54, 1.807) is 6.92 Å². The van der Waals surface area contributed by atoms with Gasteiger partial charge in [0.25, 0.3) is 0 Å². The van der Waals surface area contributed by atoms with E-state index in [0.29, 0.717) is 6.04 Å². The Kier molecular flexibility index (Phi) is 7.96. The normalized spacial score (nSPS) is 14.3. The van der Waals surface area contributed by atoms with Gasteiger partial charge in [-0.15, -0.1) is 12.4 Å². The van der Waals surface area contributed by atoms with Crippen LogP contribution in [0.15, 0.2) is 54.6 Å². The number of hydrogen-bond donors (Lipinski definition) is 2. The van der Waals surface area contributed by atoms with Crippen LogP contribution in [0.3, 0.4) is 0 Å². The smallest absolute Gasteiger partial charge is 0.310 e. The molecule has 3 atom stereocenters. The second kappa shape index (κ2) is 9.45. The molecule has 0 aliphatic heterocycles. The molecule has 130 valence electrons. The van der Waals surface area contributed by atoms with E-state index in [1.807, 2.05) is 24.3 Å². The lowest BCUT2D eigenvalue weighted by atomic mass is 9.96. The highest BCUT2D eigenvalue weighted by molar-refractivity contribution is 5.85. The maximum Gasteiger partial charge on any atom is 0.310 e. The van der Waals surface area contributed by atoms with Gasteiger partial charge in [-0.25, -0.2) is 0 Å². The Morgan fingerprint density at radius 1 is 1.00 bits per heavy atom. The summed E-state index contributed by atoms with van der Waals surface area (Å²) < 4.78 is 0. The van der Waals surface area contributed by atoms with Gasteiger partial charge in [-0.3, -0.25) is 4.79 Å². The van der Waals surface area contributed by atoms with Crippen molar-refractivity contribution in [2.75, 3.05) is 0 Å². The second-order valence-electron chi connectivity index (χ2n) is 6.21. The summed E-state index contributed by atoms with van der Waals surface area (Å²) in [6, 6.07) is 18.9. The molecular weight excluding hydrogens is 322 g/mol. The van der Waals surface area contributed by atoms with Crippen molar-refractivity contribution in [2.24, 2.45) is 0 Å². The third-order valence-corrected chi connectivity index (χ3v) is 4.20. The standard InChI is InChI=1S/C20H25NO2.ClH/c1-14(21-16(3)18-9-5-4-6-10-18)12-17-8-7-11-19(13-17)15(2)20(22)23;/h4-11,13-16,21H,12H2,1-3H3,(H,22,23);1H/t14-,15?,16-;/m0./s1. The van der Waals surface area contributed by atoms with Crippen molar-refractivity contribution < 1.29 is 9.90 Å². The van der Waals surface area contributed by atoms with E-state index < -0.39 is 11.9 Å². The van der Waals surface area contributed by atoms with Crippen molar-refractivity contribution in [1.82, 2.24) is 5.32 Å². The Hall–Kier alpha value is -1.84. The Balaban J connectivity index is 0.00000288. The van der Waals surface area contributed by atoms with Crippen molar-refractivity contribution in [3.8, 4) is 0 Å². The molecule has 0 heterocycles. The van der Waals surface area contributed by atoms with Crippen LogP contribution in [0.25, 0.3) is 0 Å². The average Bonchev–Trinajstić information content (AvgIpc) is 2.55. The van der Waals surface area contributed by atoms with Crippen LogP contribution in [-0.4, -0.2) is 17.1 Å². The molecule has 2 aromatic rings. The highest BCUT2D eigenvalue weighted by Crippen LogP contribution is 2.18. The predicted molar refractivity (Wildman–Crippen MR) is 101 cm³/mol. The molecule has 1 unspecified atom stereocenters. The second-order valence-corrected chi connectivity index (χ2v) is 6.21. The molecule has 0 fully saturated rings. The zero-order chi connectivity index (χ0) is 16.8. The Morgan fingerprint density at radius 3 is 2.25 bits per heavy atom. The lowest BCUT2D eigenvalue weighted by Crippen LogP contribution is -2.30. The van der Waals surface area contributed by atoms with Crippen LogP contribution in [0.5, 0.6) is 0 Å². The fourth-order valence-electron chi connectivity index (χ4n) is 2.81. The summed E-state index contributed by atoms with van der Waals surface area (Å²) in [5.41, 5.74) is 3.29. The Morgan fingerprint density at radius 2 is 1.62 bits per heavy atom. The molecule has 2 aromatic carbocycles. The van der Waals surface area contributed by atoms with Crippen molar-refractivity contribution >= 4 is 18.4 Å². The molecule has 2 rings (SSSR count). The molecule has 4 heteroatoms. The van der Waals surface area contributed by atoms with E-state index in [2.05, 4.69) is 49.5 Å². The fourth-order valence-corrected chi connectivity index (χ4v) is 2.81. The summed E-state index contributed by atoms with van der Waals surface area (Å²) in [4.78, 5) is 11.1. The third-order valence-electron chi connectivity index (χ3n) is 4.20. The van der Waals surface area contributed by atoms with E-state index in [4.69, 9.17) is 5.11 Å². The lowest BCUT2D eigenvalue weighted by Gasteiger charge is -2.21. The number of carboxylic acids is 1. The molecule has 24 heavy (non-hydrogen) atoms. The molecule has 3 nitrogen and oxygen atoms in total. The number of aliphatic carboxylic acids is 1. The van der Waals surface area contributed by atoms with Crippen LogP contribution in [-0.2, 0) is 11.2 Å². The van der Waals surface area contributed by atoms with E-state index in [-0.39, 0.29) is 18.4 Å². The molecule has 2 N–H and O–H groups in total. The molecule has 0 bridgehead atoms. The maximum absolute atomic E-state index is 11.1. The summed E-state index contributed by atoms with van der Waals surface area (Å²) in [5, 5.41) is 12.7. The van der Waals surface area contributed by atoms with Gasteiger partial charge >= 0.3 is 5.97 Å². The first kappa shape index (κ1) is 20.2. The van der Waals surface area contributed by atoms with Gasteiger partial charge in [0.15, 0.2) is 0 Å². The Bertz CT molecular complexity index is 645. The van der Waals surface area contributed by atoms with Crippen molar-refractivity contribution in [2.45, 2.75) is 45.2 Å². The molecule has 0 radical (unpaired) electrons. The minimum absolute atomic E-state index is 0. The quantitative estimate of drug-likeness (QED) is 0.770. The fraction of sp³-hybridized carbons (Fsp3) is 0.350. The SMILES string of the molecule is CC(C(=O)O)c1cccc(C[C@H](C)N[C@@H](C)c2ccccc2)c1.Cl. The first-order chi connectivity index (χ1) is 11.0. The van der Waals surface area contributed by atoms with Gasteiger partial charge < -0.3 is 10.4 Å². The number of benzene rings is 2. The summed E-state index contributed by atoms with van der Waals surface area (Å²) in [5.74, 6) is -1.26. The van der Waals surface area contributed by atoms with Gasteiger partial charge in [-0.1, -0.05) is 54.6 Å². The first-order valence-electron chi connectivity index (χ1n) is 8.10. The van der Waals surface area contributed by atoms with Crippen LogP contribution >= 0.6 is 12.4 Å². The van der Waals surface area contributed by atoms with Gasteiger partial charge in [-0.05, 0) is 43.9 Å². The van der Waals surface area contributed by atoms with Gasteiger partial charge in [0.05, 0.1) is 5.92 Å². The van der Waals surface area contributed by atoms with E-state index >= 15 is 0 Å². The maximum atomic E-state index is 11.1. The highest BCUT2D eigenvalue weighted by Gasteiger charge is 2.15. The van der Waals surface area contributed by atoms with Gasteiger partial charge in [0.1, 0.15) is 0 Å². The van der Waals surface area contributed by atoms with Crippen LogP contribution in [0.1, 0.15) is 49.4 Å². The Labute approximate surface area is 150 Å². The number of carbonyl (C=O) groups is 1. The largest absolute Gasteiger partial charge is 0.481 e. The monoisotopic (exact) mass is 347 g/mol. The van der Waals surface area contributed by atoms with Crippen molar-refractivity contribution in [1.29, 1.82) is 0 Å². The van der Waals surface area contributed by atoms with Gasteiger partial charge in [0, 0.05) is 12.1 Å². The summed E-state index contributed by atoms with van der Waals surface area (Å²) in [6.45, 7) is 6.04. The molecule has 0 aliphatic rings. The van der Waals surface area contributed by atoms with Crippen LogP contribution in [0, 0.1) is 0 Å². The number of carboxylic acid groups (broad SMARTS) is 1. The molecular formula is C20H26ClNO2. The molecule has 0 aromatic heterocycles. The summed E-state index contributed by atoms with van der Waals surface area (Å²) in [6.07, 6.45) is 0.872. The third kappa shape index (κ3) is 5.66. The summed E-state index contributed by atoms with van der Waals surface area (Å²) in [7, 11) is 0. The van der Waals surface area contributed by atoms with Crippen molar-refractivity contribution in [3.05, 3.63) is 71.3 Å². The van der Waals surface area contributed by atoms with Crippen LogP contribution < -0.4 is 5.32 Å². The first-order valence-corrected chi connectivity index (χ1v) is 8.10. The minimum Gasteiger partial charge on any atom is -0.481 e. The van der Waals surface area contributed by atoms with Crippen molar-refractivity contribution in [3.63, 3.8) is 0 Å². The number of halogens is 1.